The Hall–Kier alpha value is -1.02. The third-order valence-electron chi connectivity index (χ3n) is 5.64. The zero-order valence-corrected chi connectivity index (χ0v) is 16.4. The van der Waals surface area contributed by atoms with Crippen LogP contribution < -0.4 is 5.32 Å². The van der Waals surface area contributed by atoms with Crippen LogP contribution in [0.25, 0.3) is 0 Å². The van der Waals surface area contributed by atoms with Gasteiger partial charge in [0, 0.05) is 39.8 Å². The molecule has 26 heavy (non-hydrogen) atoms. The summed E-state index contributed by atoms with van der Waals surface area (Å²) >= 11 is 0. The molecule has 1 N–H and O–H groups in total. The molecule has 1 unspecified atom stereocenters. The number of piperidine rings is 1. The lowest BCUT2D eigenvalue weighted by molar-refractivity contribution is -0.181. The van der Waals surface area contributed by atoms with Crippen LogP contribution in [0.5, 0.6) is 0 Å². The quantitative estimate of drug-likeness (QED) is 0.589. The number of aliphatic imine (C=N–C) groups is 1. The molecule has 152 valence electrons. The molecule has 2 heterocycles. The highest BCUT2D eigenvalue weighted by Gasteiger charge is 2.41. The van der Waals surface area contributed by atoms with Crippen molar-refractivity contribution in [1.82, 2.24) is 20.0 Å². The zero-order chi connectivity index (χ0) is 19.2. The summed E-state index contributed by atoms with van der Waals surface area (Å²) in [7, 11) is 1.75. The molecule has 2 aliphatic rings. The van der Waals surface area contributed by atoms with E-state index in [0.29, 0.717) is 32.1 Å². The van der Waals surface area contributed by atoms with Gasteiger partial charge < -0.3 is 15.1 Å². The van der Waals surface area contributed by atoms with Gasteiger partial charge in [0.15, 0.2) is 5.96 Å². The molecule has 0 radical (unpaired) electrons. The number of hydrogen-bond donors (Lipinski definition) is 1. The molecule has 0 amide bonds. The van der Waals surface area contributed by atoms with Crippen molar-refractivity contribution in [2.45, 2.75) is 45.3 Å². The molecule has 1 atom stereocenters. The Kier molecular flexibility index (Phi) is 8.01. The Morgan fingerprint density at radius 2 is 1.73 bits per heavy atom. The molecule has 0 bridgehead atoms. The predicted molar refractivity (Wildman–Crippen MR) is 99.5 cm³/mol. The number of nitrogens with one attached hydrogen (secondary N) is 1. The van der Waals surface area contributed by atoms with Crippen LogP contribution in [0.15, 0.2) is 4.99 Å². The second-order valence-electron chi connectivity index (χ2n) is 7.45. The van der Waals surface area contributed by atoms with Gasteiger partial charge in [-0.2, -0.15) is 13.2 Å². The van der Waals surface area contributed by atoms with E-state index >= 15 is 0 Å². The molecule has 5 nitrogen and oxygen atoms in total. The fourth-order valence-electron chi connectivity index (χ4n) is 3.83. The Morgan fingerprint density at radius 3 is 2.23 bits per heavy atom. The van der Waals surface area contributed by atoms with E-state index in [-0.39, 0.29) is 0 Å². The van der Waals surface area contributed by atoms with Crippen molar-refractivity contribution in [2.75, 3.05) is 59.4 Å². The third kappa shape index (κ3) is 6.01. The van der Waals surface area contributed by atoms with Gasteiger partial charge >= 0.3 is 6.18 Å². The summed E-state index contributed by atoms with van der Waals surface area (Å²) in [5, 5.41) is 3.45. The van der Waals surface area contributed by atoms with Gasteiger partial charge in [-0.3, -0.25) is 9.89 Å². The van der Waals surface area contributed by atoms with E-state index in [1.54, 1.807) is 7.05 Å². The van der Waals surface area contributed by atoms with Crippen LogP contribution >= 0.6 is 0 Å². The van der Waals surface area contributed by atoms with E-state index in [1.807, 2.05) is 0 Å². The molecule has 8 heteroatoms. The van der Waals surface area contributed by atoms with Crippen molar-refractivity contribution < 1.29 is 13.2 Å². The molecule has 0 aliphatic carbocycles. The lowest BCUT2D eigenvalue weighted by Crippen LogP contribution is -2.57. The standard InChI is InChI=1S/C18H34F3N5/c1-4-7-24-8-5-16(6-9-24)14-23-17(22-3)26-12-10-25(11-13-26)15(2)18(19,20)21/h15-16H,4-14H2,1-3H3,(H,22,23). The first-order valence-electron chi connectivity index (χ1n) is 9.83. The second kappa shape index (κ2) is 9.78. The SMILES string of the molecule is CCCN1CCC(CNC(=NC)N2CCN(C(C)C(F)(F)F)CC2)CC1. The van der Waals surface area contributed by atoms with Gasteiger partial charge in [0.1, 0.15) is 6.04 Å². The summed E-state index contributed by atoms with van der Waals surface area (Å²) in [5.41, 5.74) is 0. The number of hydrogen-bond acceptors (Lipinski definition) is 3. The normalized spacial score (nSPS) is 23.3. The molecule has 2 fully saturated rings. The number of nitrogens with zero attached hydrogens (tertiary/aromatic N) is 4. The molecule has 2 rings (SSSR count). The molecular weight excluding hydrogens is 343 g/mol. The minimum absolute atomic E-state index is 0.413. The minimum atomic E-state index is -4.16. The summed E-state index contributed by atoms with van der Waals surface area (Å²) in [6.45, 7) is 9.84. The summed E-state index contributed by atoms with van der Waals surface area (Å²) in [6.07, 6.45) is -0.565. The monoisotopic (exact) mass is 377 g/mol. The Bertz CT molecular complexity index is 439. The fourth-order valence-corrected chi connectivity index (χ4v) is 3.83. The number of alkyl halides is 3. The van der Waals surface area contributed by atoms with E-state index in [0.717, 1.165) is 25.6 Å². The summed E-state index contributed by atoms with van der Waals surface area (Å²) < 4.78 is 38.6. The third-order valence-corrected chi connectivity index (χ3v) is 5.64. The maximum atomic E-state index is 12.9. The first-order valence-corrected chi connectivity index (χ1v) is 9.83. The van der Waals surface area contributed by atoms with Crippen molar-refractivity contribution in [1.29, 1.82) is 0 Å². The smallest absolute Gasteiger partial charge is 0.356 e. The van der Waals surface area contributed by atoms with Crippen LogP contribution in [0.4, 0.5) is 13.2 Å². The van der Waals surface area contributed by atoms with Crippen LogP contribution in [0.2, 0.25) is 0 Å². The Balaban J connectivity index is 1.73. The average Bonchev–Trinajstić information content (AvgIpc) is 2.63. The molecule has 2 saturated heterocycles. The Labute approximate surface area is 155 Å². The van der Waals surface area contributed by atoms with Gasteiger partial charge in [-0.15, -0.1) is 0 Å². The van der Waals surface area contributed by atoms with Gasteiger partial charge in [-0.25, -0.2) is 0 Å². The van der Waals surface area contributed by atoms with Crippen molar-refractivity contribution in [2.24, 2.45) is 10.9 Å². The maximum Gasteiger partial charge on any atom is 0.403 e. The second-order valence-corrected chi connectivity index (χ2v) is 7.45. The van der Waals surface area contributed by atoms with Crippen LogP contribution in [0.3, 0.4) is 0 Å². The first kappa shape index (κ1) is 21.3. The highest BCUT2D eigenvalue weighted by atomic mass is 19.4. The van der Waals surface area contributed by atoms with E-state index in [1.165, 1.54) is 37.6 Å². The van der Waals surface area contributed by atoms with Gasteiger partial charge in [0.2, 0.25) is 0 Å². The molecule has 0 aromatic heterocycles. The topological polar surface area (TPSA) is 34.1 Å². The summed E-state index contributed by atoms with van der Waals surface area (Å²) in [4.78, 5) is 10.4. The molecule has 0 aromatic carbocycles. The van der Waals surface area contributed by atoms with Crippen LogP contribution in [-0.2, 0) is 0 Å². The maximum absolute atomic E-state index is 12.9. The molecule has 2 aliphatic heterocycles. The lowest BCUT2D eigenvalue weighted by atomic mass is 9.97. The van der Waals surface area contributed by atoms with Crippen molar-refractivity contribution in [3.8, 4) is 0 Å². The number of piperazine rings is 1. The predicted octanol–water partition coefficient (Wildman–Crippen LogP) is 2.25. The highest BCUT2D eigenvalue weighted by Crippen LogP contribution is 2.25. The molecule has 0 saturated carbocycles. The van der Waals surface area contributed by atoms with E-state index in [2.05, 4.69) is 27.0 Å². The molecular formula is C18H34F3N5. The minimum Gasteiger partial charge on any atom is -0.356 e. The average molecular weight is 377 g/mol. The van der Waals surface area contributed by atoms with Crippen molar-refractivity contribution in [3.63, 3.8) is 0 Å². The van der Waals surface area contributed by atoms with Gasteiger partial charge in [-0.05, 0) is 51.7 Å². The largest absolute Gasteiger partial charge is 0.403 e. The van der Waals surface area contributed by atoms with Crippen LogP contribution in [0, 0.1) is 5.92 Å². The summed E-state index contributed by atoms with van der Waals surface area (Å²) in [5.74, 6) is 1.46. The van der Waals surface area contributed by atoms with Crippen LogP contribution in [0.1, 0.15) is 33.1 Å². The Morgan fingerprint density at radius 1 is 1.12 bits per heavy atom. The fraction of sp³-hybridized carbons (Fsp3) is 0.944. The van der Waals surface area contributed by atoms with Gasteiger partial charge in [0.25, 0.3) is 0 Å². The van der Waals surface area contributed by atoms with E-state index in [4.69, 9.17) is 0 Å². The molecule has 0 spiro atoms. The number of guanidine groups is 1. The first-order chi connectivity index (χ1) is 12.3. The van der Waals surface area contributed by atoms with E-state index in [9.17, 15) is 13.2 Å². The van der Waals surface area contributed by atoms with Crippen molar-refractivity contribution in [3.05, 3.63) is 0 Å². The molecule has 0 aromatic rings. The number of likely N-dealkylation sites (tertiary alicyclic amines) is 1. The summed E-state index contributed by atoms with van der Waals surface area (Å²) in [6, 6.07) is -1.38. The zero-order valence-electron chi connectivity index (χ0n) is 16.4. The number of rotatable bonds is 5. The van der Waals surface area contributed by atoms with Gasteiger partial charge in [0.05, 0.1) is 0 Å². The van der Waals surface area contributed by atoms with E-state index < -0.39 is 12.2 Å². The highest BCUT2D eigenvalue weighted by molar-refractivity contribution is 5.80. The van der Waals surface area contributed by atoms with Gasteiger partial charge in [-0.1, -0.05) is 6.92 Å². The number of halogens is 3. The lowest BCUT2D eigenvalue weighted by Gasteiger charge is -2.40. The van der Waals surface area contributed by atoms with Crippen molar-refractivity contribution >= 4 is 5.96 Å². The van der Waals surface area contributed by atoms with Crippen LogP contribution in [-0.4, -0.2) is 92.3 Å².